The van der Waals surface area contributed by atoms with Gasteiger partial charge in [0, 0.05) is 17.0 Å². The van der Waals surface area contributed by atoms with Gasteiger partial charge in [0.25, 0.3) is 0 Å². The summed E-state index contributed by atoms with van der Waals surface area (Å²) in [5, 5.41) is 9.95. The van der Waals surface area contributed by atoms with E-state index in [1.807, 2.05) is 20.8 Å². The monoisotopic (exact) mass is 258 g/mol. The van der Waals surface area contributed by atoms with E-state index in [2.05, 4.69) is 0 Å². The molecule has 0 spiro atoms. The Morgan fingerprint density at radius 1 is 1.29 bits per heavy atom. The highest BCUT2D eigenvalue weighted by Gasteiger charge is 2.25. The van der Waals surface area contributed by atoms with Crippen LogP contribution in [0, 0.1) is 0 Å². The van der Waals surface area contributed by atoms with Gasteiger partial charge >= 0.3 is 0 Å². The van der Waals surface area contributed by atoms with E-state index in [-0.39, 0.29) is 6.61 Å². The summed E-state index contributed by atoms with van der Waals surface area (Å²) in [6.07, 6.45) is 0. The first-order valence-electron chi connectivity index (χ1n) is 5.58. The molecule has 17 heavy (non-hydrogen) atoms. The molecule has 1 N–H and O–H groups in total. The van der Waals surface area contributed by atoms with Gasteiger partial charge in [-0.2, -0.15) is 0 Å². The van der Waals surface area contributed by atoms with Gasteiger partial charge in [-0.3, -0.25) is 0 Å². The first-order chi connectivity index (χ1) is 7.96. The van der Waals surface area contributed by atoms with E-state index in [1.54, 1.807) is 19.2 Å². The number of aliphatic hydroxyl groups excluding tert-OH is 1. The number of ether oxygens (including phenoxy) is 2. The fourth-order valence-corrected chi connectivity index (χ4v) is 1.82. The topological polar surface area (TPSA) is 38.7 Å². The number of hydrogen-bond donors (Lipinski definition) is 1. The molecule has 1 rings (SSSR count). The Bertz CT molecular complexity index is 388. The molecule has 0 amide bonds. The minimum absolute atomic E-state index is 0.0235. The van der Waals surface area contributed by atoms with E-state index in [9.17, 15) is 5.11 Å². The molecule has 0 saturated carbocycles. The maximum Gasteiger partial charge on any atom is 0.141 e. The Hall–Kier alpha value is -0.930. The Morgan fingerprint density at radius 2 is 1.94 bits per heavy atom. The Kier molecular flexibility index (Phi) is 4.66. The summed E-state index contributed by atoms with van der Waals surface area (Å²) < 4.78 is 10.7. The van der Waals surface area contributed by atoms with Gasteiger partial charge in [-0.05, 0) is 13.0 Å². The van der Waals surface area contributed by atoms with Crippen LogP contribution < -0.4 is 9.47 Å². The molecule has 96 valence electrons. The van der Waals surface area contributed by atoms with E-state index in [4.69, 9.17) is 21.1 Å². The van der Waals surface area contributed by atoms with E-state index in [0.29, 0.717) is 23.1 Å². The zero-order chi connectivity index (χ0) is 13.1. The third-order valence-corrected chi connectivity index (χ3v) is 2.97. The molecular weight excluding hydrogens is 240 g/mol. The van der Waals surface area contributed by atoms with Gasteiger partial charge in [0.2, 0.25) is 0 Å². The van der Waals surface area contributed by atoms with Gasteiger partial charge in [0.05, 0.1) is 25.3 Å². The summed E-state index contributed by atoms with van der Waals surface area (Å²) in [7, 11) is 1.56. The molecule has 0 aliphatic rings. The van der Waals surface area contributed by atoms with Gasteiger partial charge in [-0.25, -0.2) is 0 Å². The number of aliphatic hydroxyl groups is 1. The third kappa shape index (κ3) is 3.05. The predicted molar refractivity (Wildman–Crippen MR) is 69.3 cm³/mol. The van der Waals surface area contributed by atoms with Crippen LogP contribution in [-0.2, 0) is 5.41 Å². The lowest BCUT2D eigenvalue weighted by Gasteiger charge is -2.26. The quantitative estimate of drug-likeness (QED) is 0.882. The molecule has 0 saturated heterocycles. The summed E-state index contributed by atoms with van der Waals surface area (Å²) in [4.78, 5) is 0. The van der Waals surface area contributed by atoms with Gasteiger partial charge in [0.1, 0.15) is 11.5 Å². The van der Waals surface area contributed by atoms with Crippen LogP contribution in [0.2, 0.25) is 5.02 Å². The first-order valence-corrected chi connectivity index (χ1v) is 5.95. The van der Waals surface area contributed by atoms with Crippen LogP contribution in [-0.4, -0.2) is 25.4 Å². The number of benzene rings is 1. The smallest absolute Gasteiger partial charge is 0.141 e. The van der Waals surface area contributed by atoms with Crippen molar-refractivity contribution in [3.05, 3.63) is 22.7 Å². The van der Waals surface area contributed by atoms with Gasteiger partial charge < -0.3 is 14.6 Å². The number of methoxy groups -OCH3 is 1. The molecule has 4 heteroatoms. The van der Waals surface area contributed by atoms with Crippen molar-refractivity contribution in [1.29, 1.82) is 0 Å². The van der Waals surface area contributed by atoms with Crippen LogP contribution in [0.5, 0.6) is 11.5 Å². The Morgan fingerprint density at radius 3 is 2.41 bits per heavy atom. The molecule has 0 fully saturated rings. The maximum atomic E-state index is 9.43. The van der Waals surface area contributed by atoms with Crippen molar-refractivity contribution in [3.63, 3.8) is 0 Å². The summed E-state index contributed by atoms with van der Waals surface area (Å²) in [6, 6.07) is 3.56. The lowest BCUT2D eigenvalue weighted by atomic mass is 9.85. The SMILES string of the molecule is CCOc1cc(OC)c(Cl)cc1C(C)(C)CO. The molecule has 1 aromatic rings. The second kappa shape index (κ2) is 5.61. The molecule has 0 heterocycles. The van der Waals surface area contributed by atoms with Gasteiger partial charge in [0.15, 0.2) is 0 Å². The lowest BCUT2D eigenvalue weighted by molar-refractivity contribution is 0.212. The number of hydrogen-bond acceptors (Lipinski definition) is 3. The van der Waals surface area contributed by atoms with E-state index < -0.39 is 5.41 Å². The van der Waals surface area contributed by atoms with Crippen molar-refractivity contribution < 1.29 is 14.6 Å². The minimum atomic E-state index is -0.402. The van der Waals surface area contributed by atoms with Crippen LogP contribution in [0.4, 0.5) is 0 Å². The van der Waals surface area contributed by atoms with Crippen LogP contribution in [0.3, 0.4) is 0 Å². The summed E-state index contributed by atoms with van der Waals surface area (Å²) in [5.41, 5.74) is 0.480. The average molecular weight is 259 g/mol. The molecule has 1 aromatic carbocycles. The highest BCUT2D eigenvalue weighted by molar-refractivity contribution is 6.32. The fraction of sp³-hybridized carbons (Fsp3) is 0.538. The molecule has 0 aliphatic carbocycles. The van der Waals surface area contributed by atoms with E-state index in [0.717, 1.165) is 5.56 Å². The highest BCUT2D eigenvalue weighted by atomic mass is 35.5. The summed E-state index contributed by atoms with van der Waals surface area (Å²) in [6.45, 7) is 6.37. The lowest BCUT2D eigenvalue weighted by Crippen LogP contribution is -2.23. The molecule has 3 nitrogen and oxygen atoms in total. The fourth-order valence-electron chi connectivity index (χ4n) is 1.58. The predicted octanol–water partition coefficient (Wildman–Crippen LogP) is 3.02. The van der Waals surface area contributed by atoms with Crippen LogP contribution >= 0.6 is 11.6 Å². The van der Waals surface area contributed by atoms with Gasteiger partial charge in [-0.15, -0.1) is 0 Å². The largest absolute Gasteiger partial charge is 0.495 e. The average Bonchev–Trinajstić information content (AvgIpc) is 2.31. The third-order valence-electron chi connectivity index (χ3n) is 2.68. The minimum Gasteiger partial charge on any atom is -0.495 e. The second-order valence-corrected chi connectivity index (χ2v) is 4.87. The van der Waals surface area contributed by atoms with Crippen LogP contribution in [0.1, 0.15) is 26.3 Å². The normalized spacial score (nSPS) is 11.4. The van der Waals surface area contributed by atoms with Gasteiger partial charge in [-0.1, -0.05) is 25.4 Å². The first kappa shape index (κ1) is 14.1. The standard InChI is InChI=1S/C13H19ClO3/c1-5-17-11-7-12(16-4)10(14)6-9(11)13(2,3)8-15/h6-7,15H,5,8H2,1-4H3. The maximum absolute atomic E-state index is 9.43. The molecule has 0 unspecified atom stereocenters. The van der Waals surface area contributed by atoms with E-state index >= 15 is 0 Å². The Labute approximate surface area is 107 Å². The highest BCUT2D eigenvalue weighted by Crippen LogP contribution is 2.38. The molecule has 0 aromatic heterocycles. The Balaban J connectivity index is 3.32. The number of halogens is 1. The summed E-state index contributed by atoms with van der Waals surface area (Å²) in [5.74, 6) is 1.28. The molecule has 0 bridgehead atoms. The van der Waals surface area contributed by atoms with Crippen LogP contribution in [0.15, 0.2) is 12.1 Å². The van der Waals surface area contributed by atoms with Crippen molar-refractivity contribution in [3.8, 4) is 11.5 Å². The van der Waals surface area contributed by atoms with Crippen molar-refractivity contribution in [2.24, 2.45) is 0 Å². The van der Waals surface area contributed by atoms with E-state index in [1.165, 1.54) is 0 Å². The zero-order valence-corrected chi connectivity index (χ0v) is 11.5. The molecule has 0 radical (unpaired) electrons. The van der Waals surface area contributed by atoms with Crippen molar-refractivity contribution in [1.82, 2.24) is 0 Å². The summed E-state index contributed by atoms with van der Waals surface area (Å²) >= 11 is 6.10. The molecule has 0 aliphatic heterocycles. The van der Waals surface area contributed by atoms with Crippen molar-refractivity contribution >= 4 is 11.6 Å². The zero-order valence-electron chi connectivity index (χ0n) is 10.7. The van der Waals surface area contributed by atoms with Crippen LogP contribution in [0.25, 0.3) is 0 Å². The molecule has 0 atom stereocenters. The van der Waals surface area contributed by atoms with Crippen molar-refractivity contribution in [2.45, 2.75) is 26.2 Å². The van der Waals surface area contributed by atoms with Crippen molar-refractivity contribution in [2.75, 3.05) is 20.3 Å². The number of rotatable bonds is 5. The second-order valence-electron chi connectivity index (χ2n) is 4.46. The molecular formula is C13H19ClO3.